The van der Waals surface area contributed by atoms with E-state index in [-0.39, 0.29) is 0 Å². The van der Waals surface area contributed by atoms with Crippen molar-refractivity contribution in [1.29, 1.82) is 0 Å². The van der Waals surface area contributed by atoms with E-state index in [1.165, 1.54) is 71.0 Å². The Bertz CT molecular complexity index is 194. The molecule has 2 unspecified atom stereocenters. The van der Waals surface area contributed by atoms with Crippen LogP contribution in [0, 0.1) is 0 Å². The van der Waals surface area contributed by atoms with E-state index < -0.39 is 0 Å². The Labute approximate surface area is 115 Å². The standard InChI is InChI=1S/C16H34N2/c1-4-7-10-16(9-5-2)18-13-8-12-17-15(6-3)11-14-18/h15-17H,4-14H2,1-3H3. The Morgan fingerprint density at radius 1 is 1.11 bits per heavy atom. The van der Waals surface area contributed by atoms with Crippen LogP contribution in [0.4, 0.5) is 0 Å². The molecule has 1 saturated heterocycles. The van der Waals surface area contributed by atoms with Crippen LogP contribution in [0.1, 0.15) is 72.1 Å². The Morgan fingerprint density at radius 2 is 1.94 bits per heavy atom. The van der Waals surface area contributed by atoms with Gasteiger partial charge in [-0.1, -0.05) is 40.0 Å². The molecule has 1 aliphatic rings. The molecule has 1 rings (SSSR count). The fourth-order valence-corrected chi connectivity index (χ4v) is 3.12. The van der Waals surface area contributed by atoms with E-state index in [4.69, 9.17) is 0 Å². The molecule has 1 aliphatic heterocycles. The van der Waals surface area contributed by atoms with E-state index in [2.05, 4.69) is 31.0 Å². The molecule has 1 heterocycles. The second kappa shape index (κ2) is 9.80. The topological polar surface area (TPSA) is 15.3 Å². The minimum Gasteiger partial charge on any atom is -0.314 e. The molecule has 0 aromatic rings. The first kappa shape index (κ1) is 16.0. The number of rotatable bonds is 7. The van der Waals surface area contributed by atoms with Crippen LogP contribution in [0.5, 0.6) is 0 Å². The molecule has 0 amide bonds. The quantitative estimate of drug-likeness (QED) is 0.743. The van der Waals surface area contributed by atoms with E-state index in [9.17, 15) is 0 Å². The predicted molar refractivity (Wildman–Crippen MR) is 81.1 cm³/mol. The maximum Gasteiger partial charge on any atom is 0.00951 e. The third kappa shape index (κ3) is 5.71. The minimum absolute atomic E-state index is 0.751. The van der Waals surface area contributed by atoms with Crippen molar-refractivity contribution in [3.8, 4) is 0 Å². The molecular formula is C16H34N2. The smallest absolute Gasteiger partial charge is 0.00951 e. The molecule has 2 heteroatoms. The SMILES string of the molecule is CCCCC(CCC)N1CCCNC(CC)CC1. The van der Waals surface area contributed by atoms with E-state index in [1.54, 1.807) is 0 Å². The molecule has 2 atom stereocenters. The van der Waals surface area contributed by atoms with Gasteiger partial charge in [0.05, 0.1) is 0 Å². The third-order valence-corrected chi connectivity index (χ3v) is 4.34. The second-order valence-corrected chi connectivity index (χ2v) is 5.82. The molecular weight excluding hydrogens is 220 g/mol. The van der Waals surface area contributed by atoms with Crippen LogP contribution >= 0.6 is 0 Å². The highest BCUT2D eigenvalue weighted by Gasteiger charge is 2.20. The van der Waals surface area contributed by atoms with Crippen molar-refractivity contribution < 1.29 is 0 Å². The molecule has 0 aromatic heterocycles. The molecule has 0 saturated carbocycles. The van der Waals surface area contributed by atoms with E-state index >= 15 is 0 Å². The first-order valence-electron chi connectivity index (χ1n) is 8.29. The summed E-state index contributed by atoms with van der Waals surface area (Å²) in [4.78, 5) is 2.79. The Balaban J connectivity index is 2.46. The molecule has 0 radical (unpaired) electrons. The Morgan fingerprint density at radius 3 is 2.61 bits per heavy atom. The molecule has 2 nitrogen and oxygen atoms in total. The maximum atomic E-state index is 3.68. The van der Waals surface area contributed by atoms with Gasteiger partial charge >= 0.3 is 0 Å². The lowest BCUT2D eigenvalue weighted by Gasteiger charge is -2.35. The first-order chi connectivity index (χ1) is 8.81. The van der Waals surface area contributed by atoms with Gasteiger partial charge in [-0.05, 0) is 51.7 Å². The highest BCUT2D eigenvalue weighted by molar-refractivity contribution is 4.77. The fraction of sp³-hybridized carbons (Fsp3) is 1.00. The lowest BCUT2D eigenvalue weighted by atomic mass is 10.0. The average Bonchev–Trinajstić information content (AvgIpc) is 2.35. The van der Waals surface area contributed by atoms with Gasteiger partial charge in [-0.25, -0.2) is 0 Å². The van der Waals surface area contributed by atoms with Gasteiger partial charge < -0.3 is 10.2 Å². The number of hydrogen-bond acceptors (Lipinski definition) is 2. The van der Waals surface area contributed by atoms with E-state index in [0.29, 0.717) is 0 Å². The van der Waals surface area contributed by atoms with Crippen molar-refractivity contribution >= 4 is 0 Å². The molecule has 1 N–H and O–H groups in total. The van der Waals surface area contributed by atoms with Gasteiger partial charge in [0.15, 0.2) is 0 Å². The summed E-state index contributed by atoms with van der Waals surface area (Å²) in [5.41, 5.74) is 0. The molecule has 0 aromatic carbocycles. The van der Waals surface area contributed by atoms with Crippen LogP contribution in [0.15, 0.2) is 0 Å². The maximum absolute atomic E-state index is 3.68. The molecule has 1 fully saturated rings. The summed E-state index contributed by atoms with van der Waals surface area (Å²) < 4.78 is 0. The zero-order valence-corrected chi connectivity index (χ0v) is 12.9. The van der Waals surface area contributed by atoms with E-state index in [1.807, 2.05) is 0 Å². The molecule has 0 bridgehead atoms. The summed E-state index contributed by atoms with van der Waals surface area (Å²) in [6, 6.07) is 1.60. The van der Waals surface area contributed by atoms with Gasteiger partial charge in [0.25, 0.3) is 0 Å². The van der Waals surface area contributed by atoms with Crippen LogP contribution in [0.2, 0.25) is 0 Å². The van der Waals surface area contributed by atoms with Crippen LogP contribution in [0.25, 0.3) is 0 Å². The summed E-state index contributed by atoms with van der Waals surface area (Å²) in [5, 5.41) is 3.68. The van der Waals surface area contributed by atoms with E-state index in [0.717, 1.165) is 12.1 Å². The van der Waals surface area contributed by atoms with Gasteiger partial charge in [-0.2, -0.15) is 0 Å². The highest BCUT2D eigenvalue weighted by Crippen LogP contribution is 2.17. The molecule has 0 aliphatic carbocycles. The lowest BCUT2D eigenvalue weighted by Crippen LogP contribution is -2.44. The summed E-state index contributed by atoms with van der Waals surface area (Å²) in [7, 11) is 0. The van der Waals surface area contributed by atoms with Gasteiger partial charge in [0, 0.05) is 12.1 Å². The van der Waals surface area contributed by atoms with Crippen molar-refractivity contribution in [3.05, 3.63) is 0 Å². The summed E-state index contributed by atoms with van der Waals surface area (Å²) in [6.45, 7) is 10.8. The van der Waals surface area contributed by atoms with Gasteiger partial charge in [0.2, 0.25) is 0 Å². The normalized spacial score (nSPS) is 24.5. The zero-order valence-electron chi connectivity index (χ0n) is 12.9. The Kier molecular flexibility index (Phi) is 8.70. The summed E-state index contributed by atoms with van der Waals surface area (Å²) in [5.74, 6) is 0. The third-order valence-electron chi connectivity index (χ3n) is 4.34. The number of nitrogens with zero attached hydrogens (tertiary/aromatic N) is 1. The summed E-state index contributed by atoms with van der Waals surface area (Å²) in [6.07, 6.45) is 10.8. The van der Waals surface area contributed by atoms with Crippen molar-refractivity contribution in [3.63, 3.8) is 0 Å². The molecule has 18 heavy (non-hydrogen) atoms. The summed E-state index contributed by atoms with van der Waals surface area (Å²) >= 11 is 0. The molecule has 0 spiro atoms. The monoisotopic (exact) mass is 254 g/mol. The van der Waals surface area contributed by atoms with Gasteiger partial charge in [-0.15, -0.1) is 0 Å². The second-order valence-electron chi connectivity index (χ2n) is 5.82. The zero-order chi connectivity index (χ0) is 13.2. The first-order valence-corrected chi connectivity index (χ1v) is 8.29. The van der Waals surface area contributed by atoms with Crippen molar-refractivity contribution in [2.45, 2.75) is 84.2 Å². The number of nitrogens with one attached hydrogen (secondary N) is 1. The van der Waals surface area contributed by atoms with Crippen molar-refractivity contribution in [2.24, 2.45) is 0 Å². The number of unbranched alkanes of at least 4 members (excludes halogenated alkanes) is 1. The van der Waals surface area contributed by atoms with Gasteiger partial charge in [-0.3, -0.25) is 0 Å². The largest absolute Gasteiger partial charge is 0.314 e. The van der Waals surface area contributed by atoms with Crippen LogP contribution in [0.3, 0.4) is 0 Å². The average molecular weight is 254 g/mol. The lowest BCUT2D eigenvalue weighted by molar-refractivity contribution is 0.151. The van der Waals surface area contributed by atoms with Crippen molar-refractivity contribution in [1.82, 2.24) is 10.2 Å². The molecule has 108 valence electrons. The highest BCUT2D eigenvalue weighted by atomic mass is 15.2. The van der Waals surface area contributed by atoms with Crippen molar-refractivity contribution in [2.75, 3.05) is 19.6 Å². The van der Waals surface area contributed by atoms with Crippen LogP contribution in [-0.2, 0) is 0 Å². The van der Waals surface area contributed by atoms with Gasteiger partial charge in [0.1, 0.15) is 0 Å². The fourth-order valence-electron chi connectivity index (χ4n) is 3.12. The Hall–Kier alpha value is -0.0800. The van der Waals surface area contributed by atoms with Crippen LogP contribution in [-0.4, -0.2) is 36.6 Å². The number of hydrogen-bond donors (Lipinski definition) is 1. The minimum atomic E-state index is 0.751. The predicted octanol–water partition coefficient (Wildman–Crippen LogP) is 3.81. The van der Waals surface area contributed by atoms with Crippen LogP contribution < -0.4 is 5.32 Å².